The summed E-state index contributed by atoms with van der Waals surface area (Å²) in [7, 11) is 0. The second kappa shape index (κ2) is 9.94. The molecular weight excluding hydrogens is 435 g/mol. The quantitative estimate of drug-likeness (QED) is 0.734. The molecule has 0 aliphatic carbocycles. The predicted octanol–water partition coefficient (Wildman–Crippen LogP) is 3.00. The number of piperidine rings is 2. The summed E-state index contributed by atoms with van der Waals surface area (Å²) in [6.07, 6.45) is 4.98. The Labute approximate surface area is 190 Å². The van der Waals surface area contributed by atoms with Gasteiger partial charge in [0.2, 0.25) is 11.9 Å². The number of hydrogen-bond donors (Lipinski definition) is 1. The second-order valence-electron chi connectivity index (χ2n) is 8.91. The highest BCUT2D eigenvalue weighted by Gasteiger charge is 2.35. The number of rotatable bonds is 5. The fourth-order valence-corrected chi connectivity index (χ4v) is 4.59. The molecular formula is C23H28F3N5O2. The molecule has 0 radical (unpaired) electrons. The van der Waals surface area contributed by atoms with Gasteiger partial charge in [0.15, 0.2) is 17.4 Å². The van der Waals surface area contributed by atoms with E-state index in [1.807, 2.05) is 11.8 Å². The van der Waals surface area contributed by atoms with Crippen molar-refractivity contribution >= 4 is 11.9 Å². The summed E-state index contributed by atoms with van der Waals surface area (Å²) < 4.78 is 46.6. The van der Waals surface area contributed by atoms with Gasteiger partial charge in [-0.15, -0.1) is 0 Å². The molecule has 1 aromatic carbocycles. The number of nitrogen functional groups attached to an aromatic ring is 1. The van der Waals surface area contributed by atoms with Crippen molar-refractivity contribution in [3.05, 3.63) is 47.5 Å². The Hall–Kier alpha value is -2.88. The van der Waals surface area contributed by atoms with Gasteiger partial charge in [-0.05, 0) is 25.9 Å². The third-order valence-electron chi connectivity index (χ3n) is 6.44. The van der Waals surface area contributed by atoms with Crippen molar-refractivity contribution in [3.63, 3.8) is 0 Å². The van der Waals surface area contributed by atoms with Crippen molar-refractivity contribution in [2.24, 2.45) is 11.8 Å². The van der Waals surface area contributed by atoms with Gasteiger partial charge in [-0.2, -0.15) is 0 Å². The Morgan fingerprint density at radius 3 is 2.33 bits per heavy atom. The van der Waals surface area contributed by atoms with E-state index in [1.54, 1.807) is 12.4 Å². The van der Waals surface area contributed by atoms with Crippen molar-refractivity contribution in [1.82, 2.24) is 19.8 Å². The molecule has 2 unspecified atom stereocenters. The number of nitrogens with two attached hydrogens (primary N) is 1. The number of amides is 1. The molecule has 4 rings (SSSR count). The molecule has 1 aromatic heterocycles. The average molecular weight is 464 g/mol. The van der Waals surface area contributed by atoms with Crippen LogP contribution in [0, 0.1) is 29.3 Å². The molecule has 2 aromatic rings. The summed E-state index contributed by atoms with van der Waals surface area (Å²) in [5.74, 6) is -3.46. The number of carbonyl (C=O) groups is 1. The van der Waals surface area contributed by atoms with Gasteiger partial charge in [0.1, 0.15) is 11.9 Å². The zero-order valence-corrected chi connectivity index (χ0v) is 18.5. The van der Waals surface area contributed by atoms with E-state index in [0.717, 1.165) is 38.0 Å². The fourth-order valence-electron chi connectivity index (χ4n) is 4.59. The Bertz CT molecular complexity index is 960. The number of nitrogens with zero attached hydrogens (tertiary/aromatic N) is 4. The summed E-state index contributed by atoms with van der Waals surface area (Å²) in [6, 6.07) is 1.21. The molecule has 2 N–H and O–H groups in total. The number of halogens is 3. The van der Waals surface area contributed by atoms with Gasteiger partial charge in [0.05, 0.1) is 0 Å². The Kier molecular flexibility index (Phi) is 7.02. The molecule has 2 fully saturated rings. The molecule has 0 bridgehead atoms. The van der Waals surface area contributed by atoms with Crippen LogP contribution < -0.4 is 10.5 Å². The van der Waals surface area contributed by atoms with Crippen molar-refractivity contribution < 1.29 is 22.7 Å². The van der Waals surface area contributed by atoms with E-state index in [1.165, 1.54) is 0 Å². The van der Waals surface area contributed by atoms with Gasteiger partial charge in [-0.3, -0.25) is 9.69 Å². The standard InChI is InChI=1S/C23H28F3N5O2/c1-14-12-31(7-4-20(14)33-21-18(25)8-17(24)9-19(21)26)22(32)16-2-5-30(6-3-16)13-15-10-28-23(27)29-11-15/h8-11,14,16,20H,2-7,12-13H2,1H3,(H2,27,28,29). The van der Waals surface area contributed by atoms with E-state index in [2.05, 4.69) is 14.9 Å². The molecule has 2 aliphatic rings. The Balaban J connectivity index is 1.27. The molecule has 10 heteroatoms. The monoisotopic (exact) mass is 463 g/mol. The molecule has 178 valence electrons. The minimum atomic E-state index is -1.06. The number of anilines is 1. The first-order valence-corrected chi connectivity index (χ1v) is 11.2. The van der Waals surface area contributed by atoms with Crippen LogP contribution in [0.1, 0.15) is 31.7 Å². The van der Waals surface area contributed by atoms with Gasteiger partial charge < -0.3 is 15.4 Å². The zero-order chi connectivity index (χ0) is 23.5. The highest BCUT2D eigenvalue weighted by Crippen LogP contribution is 2.30. The lowest BCUT2D eigenvalue weighted by Gasteiger charge is -2.40. The molecule has 2 saturated heterocycles. The van der Waals surface area contributed by atoms with Crippen LogP contribution in [0.2, 0.25) is 0 Å². The van der Waals surface area contributed by atoms with Gasteiger partial charge in [0, 0.05) is 68.0 Å². The summed E-state index contributed by atoms with van der Waals surface area (Å²) in [4.78, 5) is 25.2. The molecule has 0 spiro atoms. The van der Waals surface area contributed by atoms with Crippen LogP contribution in [0.5, 0.6) is 5.75 Å². The third kappa shape index (κ3) is 5.55. The molecule has 3 heterocycles. The van der Waals surface area contributed by atoms with Crippen LogP contribution in [0.3, 0.4) is 0 Å². The van der Waals surface area contributed by atoms with Gasteiger partial charge in [-0.25, -0.2) is 23.1 Å². The molecule has 7 nitrogen and oxygen atoms in total. The van der Waals surface area contributed by atoms with Crippen molar-refractivity contribution in [2.75, 3.05) is 31.9 Å². The van der Waals surface area contributed by atoms with E-state index >= 15 is 0 Å². The van der Waals surface area contributed by atoms with Crippen molar-refractivity contribution in [1.29, 1.82) is 0 Å². The third-order valence-corrected chi connectivity index (χ3v) is 6.44. The smallest absolute Gasteiger partial charge is 0.225 e. The van der Waals surface area contributed by atoms with E-state index in [4.69, 9.17) is 10.5 Å². The number of carbonyl (C=O) groups excluding carboxylic acids is 1. The maximum absolute atomic E-state index is 13.9. The van der Waals surface area contributed by atoms with Crippen molar-refractivity contribution in [3.8, 4) is 5.75 Å². The summed E-state index contributed by atoms with van der Waals surface area (Å²) in [6.45, 7) is 5.13. The molecule has 2 aliphatic heterocycles. The first-order chi connectivity index (χ1) is 15.8. The minimum absolute atomic E-state index is 0.0411. The number of ether oxygens (including phenoxy) is 1. The summed E-state index contributed by atoms with van der Waals surface area (Å²) in [5, 5.41) is 0. The number of likely N-dealkylation sites (tertiary alicyclic amines) is 2. The fraction of sp³-hybridized carbons (Fsp3) is 0.522. The van der Waals surface area contributed by atoms with Crippen LogP contribution >= 0.6 is 0 Å². The SMILES string of the molecule is CC1CN(C(=O)C2CCN(Cc3cnc(N)nc3)CC2)CCC1Oc1c(F)cc(F)cc1F. The normalized spacial score (nSPS) is 22.4. The molecule has 2 atom stereocenters. The van der Waals surface area contributed by atoms with Crippen LogP contribution in [-0.4, -0.2) is 58.0 Å². The number of aromatic nitrogens is 2. The molecule has 33 heavy (non-hydrogen) atoms. The average Bonchev–Trinajstić information content (AvgIpc) is 2.78. The largest absolute Gasteiger partial charge is 0.484 e. The zero-order valence-electron chi connectivity index (χ0n) is 18.5. The maximum Gasteiger partial charge on any atom is 0.225 e. The highest BCUT2D eigenvalue weighted by atomic mass is 19.1. The van der Waals surface area contributed by atoms with E-state index in [0.29, 0.717) is 31.6 Å². The van der Waals surface area contributed by atoms with Crippen LogP contribution in [0.15, 0.2) is 24.5 Å². The van der Waals surface area contributed by atoms with Crippen molar-refractivity contribution in [2.45, 2.75) is 38.8 Å². The highest BCUT2D eigenvalue weighted by molar-refractivity contribution is 5.79. The molecule has 1 amide bonds. The van der Waals surface area contributed by atoms with E-state index < -0.39 is 29.3 Å². The summed E-state index contributed by atoms with van der Waals surface area (Å²) in [5.41, 5.74) is 6.51. The first kappa shape index (κ1) is 23.3. The van der Waals surface area contributed by atoms with Gasteiger partial charge >= 0.3 is 0 Å². The van der Waals surface area contributed by atoms with Crippen LogP contribution in [0.4, 0.5) is 19.1 Å². The lowest BCUT2D eigenvalue weighted by atomic mass is 9.91. The van der Waals surface area contributed by atoms with Crippen LogP contribution in [-0.2, 0) is 11.3 Å². The molecule has 0 saturated carbocycles. The first-order valence-electron chi connectivity index (χ1n) is 11.2. The predicted molar refractivity (Wildman–Crippen MR) is 116 cm³/mol. The lowest BCUT2D eigenvalue weighted by molar-refractivity contribution is -0.140. The lowest BCUT2D eigenvalue weighted by Crippen LogP contribution is -2.50. The van der Waals surface area contributed by atoms with Crippen LogP contribution in [0.25, 0.3) is 0 Å². The summed E-state index contributed by atoms with van der Waals surface area (Å²) >= 11 is 0. The number of hydrogen-bond acceptors (Lipinski definition) is 6. The topological polar surface area (TPSA) is 84.6 Å². The maximum atomic E-state index is 13.9. The minimum Gasteiger partial charge on any atom is -0.484 e. The van der Waals surface area contributed by atoms with E-state index in [9.17, 15) is 18.0 Å². The Morgan fingerprint density at radius 1 is 1.09 bits per heavy atom. The second-order valence-corrected chi connectivity index (χ2v) is 8.91. The van der Waals surface area contributed by atoms with E-state index in [-0.39, 0.29) is 23.7 Å². The van der Waals surface area contributed by atoms with Gasteiger partial charge in [0.25, 0.3) is 0 Å². The van der Waals surface area contributed by atoms with Gasteiger partial charge in [-0.1, -0.05) is 6.92 Å². The Morgan fingerprint density at radius 2 is 1.73 bits per heavy atom. The number of benzene rings is 1.